The number of amides is 2. The molecule has 0 bridgehead atoms. The topological polar surface area (TPSA) is 69.3 Å². The first kappa shape index (κ1) is 23.5. The number of carbonyl (C=O) groups excluding carboxylic acids is 1. The fraction of sp³-hybridized carbons (Fsp3) is 0.280. The second kappa shape index (κ2) is 9.32. The number of allylic oxidation sites excluding steroid dienone is 1. The zero-order valence-corrected chi connectivity index (χ0v) is 18.6. The molecule has 0 aliphatic carbocycles. The van der Waals surface area contributed by atoms with Crippen LogP contribution in [0, 0.1) is 11.7 Å². The lowest BCUT2D eigenvalue weighted by molar-refractivity contribution is -0.139. The summed E-state index contributed by atoms with van der Waals surface area (Å²) in [5, 5.41) is 5.77. The zero-order chi connectivity index (χ0) is 24.5. The van der Waals surface area contributed by atoms with E-state index in [4.69, 9.17) is 0 Å². The Morgan fingerprint density at radius 1 is 1.15 bits per heavy atom. The third kappa shape index (κ3) is 5.30. The van der Waals surface area contributed by atoms with Gasteiger partial charge in [0.2, 0.25) is 0 Å². The van der Waals surface area contributed by atoms with Crippen LogP contribution in [0.3, 0.4) is 0 Å². The van der Waals surface area contributed by atoms with E-state index < -0.39 is 23.6 Å². The maximum absolute atomic E-state index is 13.8. The number of H-pyrrole nitrogens is 1. The minimum atomic E-state index is -4.81. The van der Waals surface area contributed by atoms with Gasteiger partial charge in [-0.25, -0.2) is 9.18 Å². The molecule has 34 heavy (non-hydrogen) atoms. The average Bonchev–Trinajstić information content (AvgIpc) is 3.38. The highest BCUT2D eigenvalue weighted by molar-refractivity contribution is 6.14. The number of benzene rings is 2. The van der Waals surface area contributed by atoms with Crippen LogP contribution in [0.5, 0.6) is 0 Å². The first-order chi connectivity index (χ1) is 16.1. The van der Waals surface area contributed by atoms with Crippen molar-refractivity contribution in [3.63, 3.8) is 0 Å². The normalized spacial score (nSPS) is 15.7. The van der Waals surface area contributed by atoms with Crippen LogP contribution in [-0.2, 0) is 6.18 Å². The monoisotopic (exact) mass is 472 g/mol. The molecule has 9 heteroatoms. The van der Waals surface area contributed by atoms with Crippen LogP contribution in [0.4, 0.5) is 33.7 Å². The van der Waals surface area contributed by atoms with Crippen LogP contribution in [0.2, 0.25) is 0 Å². The van der Waals surface area contributed by atoms with Crippen molar-refractivity contribution in [1.82, 2.24) is 4.98 Å². The summed E-state index contributed by atoms with van der Waals surface area (Å²) in [6, 6.07) is 7.48. The van der Waals surface area contributed by atoms with E-state index in [1.807, 2.05) is 24.4 Å². The molecule has 5 nitrogen and oxygen atoms in total. The van der Waals surface area contributed by atoms with Gasteiger partial charge >= 0.3 is 12.2 Å². The van der Waals surface area contributed by atoms with Crippen LogP contribution in [0.25, 0.3) is 16.5 Å². The van der Waals surface area contributed by atoms with Crippen molar-refractivity contribution in [2.45, 2.75) is 38.9 Å². The molecule has 0 radical (unpaired) electrons. The molecule has 4 rings (SSSR count). The van der Waals surface area contributed by atoms with Crippen molar-refractivity contribution in [3.8, 4) is 0 Å². The molecule has 0 spiro atoms. The molecule has 0 fully saturated rings. The Morgan fingerprint density at radius 2 is 1.94 bits per heavy atom. The molecule has 1 aliphatic heterocycles. The first-order valence-corrected chi connectivity index (χ1v) is 10.9. The van der Waals surface area contributed by atoms with Gasteiger partial charge in [0.1, 0.15) is 5.82 Å². The molecule has 1 unspecified atom stereocenters. The second-order valence-corrected chi connectivity index (χ2v) is 8.67. The highest BCUT2D eigenvalue weighted by Crippen LogP contribution is 2.33. The van der Waals surface area contributed by atoms with Gasteiger partial charge < -0.3 is 15.6 Å². The summed E-state index contributed by atoms with van der Waals surface area (Å²) >= 11 is 0. The Hall–Kier alpha value is -3.62. The molecule has 178 valence electrons. The standard InChI is InChI=1S/C25H24F4N4O/c1-14(2)3-5-17-9-16(12-30-17)15-4-8-22-19(10-15)23(13-31-22)33-24(34)32-18-6-7-20(21(26)11-18)25(27,28)29/h4,6-14,17,31H,3,5H2,1-2H3,(H2,32,33,34). The quantitative estimate of drug-likeness (QED) is 0.325. The number of hydrogen-bond acceptors (Lipinski definition) is 2. The number of aromatic nitrogens is 1. The lowest BCUT2D eigenvalue weighted by atomic mass is 10.0. The Kier molecular flexibility index (Phi) is 6.45. The zero-order valence-electron chi connectivity index (χ0n) is 18.6. The van der Waals surface area contributed by atoms with Gasteiger partial charge in [0, 0.05) is 29.0 Å². The summed E-state index contributed by atoms with van der Waals surface area (Å²) in [5.41, 5.74) is 1.76. The lowest BCUT2D eigenvalue weighted by Gasteiger charge is -2.11. The first-order valence-electron chi connectivity index (χ1n) is 10.9. The molecule has 2 heterocycles. The van der Waals surface area contributed by atoms with Crippen molar-refractivity contribution in [2.24, 2.45) is 10.9 Å². The summed E-state index contributed by atoms with van der Waals surface area (Å²) in [6.07, 6.45) is 2.88. The summed E-state index contributed by atoms with van der Waals surface area (Å²) < 4.78 is 52.0. The minimum Gasteiger partial charge on any atom is -0.359 e. The number of rotatable bonds is 6. The Morgan fingerprint density at radius 3 is 2.65 bits per heavy atom. The number of anilines is 2. The van der Waals surface area contributed by atoms with Crippen LogP contribution < -0.4 is 10.6 Å². The van der Waals surface area contributed by atoms with Gasteiger partial charge in [-0.15, -0.1) is 0 Å². The van der Waals surface area contributed by atoms with Crippen LogP contribution in [0.1, 0.15) is 37.8 Å². The van der Waals surface area contributed by atoms with E-state index >= 15 is 0 Å². The van der Waals surface area contributed by atoms with E-state index in [1.165, 1.54) is 0 Å². The molecule has 0 saturated heterocycles. The summed E-state index contributed by atoms with van der Waals surface area (Å²) in [5.74, 6) is -0.844. The molecule has 3 N–H and O–H groups in total. The van der Waals surface area contributed by atoms with Gasteiger partial charge in [-0.05, 0) is 60.2 Å². The van der Waals surface area contributed by atoms with Crippen molar-refractivity contribution >= 4 is 40.1 Å². The lowest BCUT2D eigenvalue weighted by Crippen LogP contribution is -2.19. The van der Waals surface area contributed by atoms with Crippen LogP contribution in [-0.4, -0.2) is 23.3 Å². The summed E-state index contributed by atoms with van der Waals surface area (Å²) in [4.78, 5) is 20.1. The fourth-order valence-corrected chi connectivity index (χ4v) is 3.81. The Balaban J connectivity index is 1.48. The predicted molar refractivity (Wildman–Crippen MR) is 127 cm³/mol. The van der Waals surface area contributed by atoms with Crippen LogP contribution >= 0.6 is 0 Å². The maximum Gasteiger partial charge on any atom is 0.419 e. The second-order valence-electron chi connectivity index (χ2n) is 8.67. The number of hydrogen-bond donors (Lipinski definition) is 3. The molecular weight excluding hydrogens is 448 g/mol. The molecule has 2 amide bonds. The number of nitrogens with one attached hydrogen (secondary N) is 3. The third-order valence-corrected chi connectivity index (χ3v) is 5.61. The van der Waals surface area contributed by atoms with Gasteiger partial charge in [-0.2, -0.15) is 13.2 Å². The van der Waals surface area contributed by atoms with E-state index in [1.54, 1.807) is 6.20 Å². The van der Waals surface area contributed by atoms with Gasteiger partial charge in [0.15, 0.2) is 0 Å². The molecule has 2 aromatic carbocycles. The predicted octanol–water partition coefficient (Wildman–Crippen LogP) is 7.24. The summed E-state index contributed by atoms with van der Waals surface area (Å²) in [7, 11) is 0. The molecule has 1 aromatic heterocycles. The van der Waals surface area contributed by atoms with Gasteiger partial charge in [-0.3, -0.25) is 4.99 Å². The van der Waals surface area contributed by atoms with E-state index in [9.17, 15) is 22.4 Å². The Bertz CT molecular complexity index is 1270. The molecule has 0 saturated carbocycles. The van der Waals surface area contributed by atoms with Gasteiger partial charge in [-0.1, -0.05) is 26.0 Å². The SMILES string of the molecule is CC(C)CCC1C=C(c2ccc3[nH]cc(NC(=O)Nc4ccc(C(F)(F)F)c(F)c4)c3c2)C=N1. The highest BCUT2D eigenvalue weighted by atomic mass is 19.4. The average molecular weight is 472 g/mol. The number of aliphatic imine (C=N–C) groups is 1. The van der Waals surface area contributed by atoms with Crippen molar-refractivity contribution < 1.29 is 22.4 Å². The number of aromatic amines is 1. The number of urea groups is 1. The number of nitrogens with zero attached hydrogens (tertiary/aromatic N) is 1. The van der Waals surface area contributed by atoms with E-state index in [0.717, 1.165) is 40.9 Å². The van der Waals surface area contributed by atoms with Gasteiger partial charge in [0.05, 0.1) is 17.3 Å². The molecular formula is C25H24F4N4O. The van der Waals surface area contributed by atoms with E-state index in [0.29, 0.717) is 23.7 Å². The summed E-state index contributed by atoms with van der Waals surface area (Å²) in [6.45, 7) is 4.36. The molecule has 1 atom stereocenters. The maximum atomic E-state index is 13.8. The number of halogens is 4. The van der Waals surface area contributed by atoms with E-state index in [-0.39, 0.29) is 11.7 Å². The molecule has 3 aromatic rings. The van der Waals surface area contributed by atoms with Crippen molar-refractivity contribution in [3.05, 3.63) is 65.6 Å². The Labute approximate surface area is 194 Å². The van der Waals surface area contributed by atoms with Crippen LogP contribution in [0.15, 0.2) is 53.7 Å². The van der Waals surface area contributed by atoms with E-state index in [2.05, 4.69) is 40.5 Å². The number of carbonyl (C=O) groups is 1. The smallest absolute Gasteiger partial charge is 0.359 e. The molecule has 1 aliphatic rings. The van der Waals surface area contributed by atoms with Gasteiger partial charge in [0.25, 0.3) is 0 Å². The van der Waals surface area contributed by atoms with Crippen molar-refractivity contribution in [2.75, 3.05) is 10.6 Å². The number of alkyl halides is 3. The van der Waals surface area contributed by atoms with Crippen molar-refractivity contribution in [1.29, 1.82) is 0 Å². The number of fused-ring (bicyclic) bond motifs is 1. The highest BCUT2D eigenvalue weighted by Gasteiger charge is 2.34. The fourth-order valence-electron chi connectivity index (χ4n) is 3.81. The third-order valence-electron chi connectivity index (χ3n) is 5.61. The minimum absolute atomic E-state index is 0.0942. The largest absolute Gasteiger partial charge is 0.419 e.